The molecule has 1 aliphatic heterocycles. The van der Waals surface area contributed by atoms with Crippen molar-refractivity contribution >= 4 is 23.4 Å². The van der Waals surface area contributed by atoms with E-state index in [1.165, 1.54) is 0 Å². The Hall–Kier alpha value is -2.93. The lowest BCUT2D eigenvalue weighted by Crippen LogP contribution is -2.50. The number of pyridine rings is 1. The molecule has 3 rings (SSSR count). The monoisotopic (exact) mass is 339 g/mol. The van der Waals surface area contributed by atoms with Gasteiger partial charge >= 0.3 is 6.03 Å². The van der Waals surface area contributed by atoms with Crippen molar-refractivity contribution in [2.24, 2.45) is 0 Å². The highest BCUT2D eigenvalue weighted by molar-refractivity contribution is 6.01. The summed E-state index contributed by atoms with van der Waals surface area (Å²) < 4.78 is 0. The van der Waals surface area contributed by atoms with E-state index >= 15 is 0 Å². The number of aromatic nitrogens is 1. The van der Waals surface area contributed by atoms with Crippen LogP contribution in [0.15, 0.2) is 54.7 Å². The molecule has 1 fully saturated rings. The van der Waals surface area contributed by atoms with Gasteiger partial charge in [-0.15, -0.1) is 0 Å². The first-order valence-electron chi connectivity index (χ1n) is 8.25. The van der Waals surface area contributed by atoms with E-state index in [-0.39, 0.29) is 12.5 Å². The molecule has 1 aromatic carbocycles. The van der Waals surface area contributed by atoms with Gasteiger partial charge in [0.25, 0.3) is 0 Å². The Bertz CT molecular complexity index is 700. The molecule has 2 heterocycles. The van der Waals surface area contributed by atoms with Crippen LogP contribution < -0.4 is 15.5 Å². The number of benzene rings is 1. The third-order valence-electron chi connectivity index (χ3n) is 4.00. The SMILES string of the molecule is O=C(CN1CCN(c2ccccn2)CC1)NC(=O)Nc1ccccc1. The summed E-state index contributed by atoms with van der Waals surface area (Å²) in [5.41, 5.74) is 0.650. The Kier molecular flexibility index (Phi) is 5.58. The fourth-order valence-electron chi connectivity index (χ4n) is 2.73. The average molecular weight is 339 g/mol. The molecule has 0 atom stereocenters. The molecule has 0 radical (unpaired) electrons. The van der Waals surface area contributed by atoms with Gasteiger partial charge in [0, 0.05) is 38.1 Å². The van der Waals surface area contributed by atoms with E-state index in [2.05, 4.69) is 20.5 Å². The fourth-order valence-corrected chi connectivity index (χ4v) is 2.73. The van der Waals surface area contributed by atoms with Gasteiger partial charge in [-0.2, -0.15) is 0 Å². The highest BCUT2D eigenvalue weighted by Gasteiger charge is 2.20. The van der Waals surface area contributed by atoms with Crippen LogP contribution in [-0.4, -0.2) is 54.5 Å². The van der Waals surface area contributed by atoms with Gasteiger partial charge in [0.2, 0.25) is 5.91 Å². The van der Waals surface area contributed by atoms with E-state index in [9.17, 15) is 9.59 Å². The summed E-state index contributed by atoms with van der Waals surface area (Å²) in [4.78, 5) is 32.4. The number of nitrogens with one attached hydrogen (secondary N) is 2. The minimum atomic E-state index is -0.511. The van der Waals surface area contributed by atoms with Gasteiger partial charge in [-0.3, -0.25) is 15.0 Å². The standard InChI is InChI=1S/C18H21N5O2/c24-17(21-18(25)20-15-6-2-1-3-7-15)14-22-10-12-23(13-11-22)16-8-4-5-9-19-16/h1-9H,10-14H2,(H2,20,21,24,25). The highest BCUT2D eigenvalue weighted by Crippen LogP contribution is 2.12. The van der Waals surface area contributed by atoms with Gasteiger partial charge < -0.3 is 10.2 Å². The fraction of sp³-hybridized carbons (Fsp3) is 0.278. The van der Waals surface area contributed by atoms with Crippen molar-refractivity contribution in [1.29, 1.82) is 0 Å². The van der Waals surface area contributed by atoms with Crippen LogP contribution in [0.2, 0.25) is 0 Å². The van der Waals surface area contributed by atoms with Crippen LogP contribution in [0.5, 0.6) is 0 Å². The molecular formula is C18H21N5O2. The largest absolute Gasteiger partial charge is 0.354 e. The average Bonchev–Trinajstić information content (AvgIpc) is 2.63. The number of nitrogens with zero attached hydrogens (tertiary/aromatic N) is 3. The normalized spacial score (nSPS) is 14.8. The summed E-state index contributed by atoms with van der Waals surface area (Å²) in [5, 5.41) is 4.99. The van der Waals surface area contributed by atoms with Gasteiger partial charge in [-0.1, -0.05) is 24.3 Å². The number of rotatable bonds is 4. The van der Waals surface area contributed by atoms with Crippen molar-refractivity contribution < 1.29 is 9.59 Å². The summed E-state index contributed by atoms with van der Waals surface area (Å²) in [6, 6.07) is 14.4. The quantitative estimate of drug-likeness (QED) is 0.884. The third kappa shape index (κ3) is 5.02. The topological polar surface area (TPSA) is 77.6 Å². The molecule has 2 aromatic rings. The number of hydrogen-bond donors (Lipinski definition) is 2. The van der Waals surface area contributed by atoms with Crippen molar-refractivity contribution in [3.63, 3.8) is 0 Å². The van der Waals surface area contributed by atoms with Crippen molar-refractivity contribution in [3.05, 3.63) is 54.7 Å². The van der Waals surface area contributed by atoms with Crippen LogP contribution in [0.1, 0.15) is 0 Å². The van der Waals surface area contributed by atoms with Crippen LogP contribution in [0.3, 0.4) is 0 Å². The maximum absolute atomic E-state index is 12.0. The number of urea groups is 1. The molecule has 1 aromatic heterocycles. The second kappa shape index (κ2) is 8.25. The second-order valence-corrected chi connectivity index (χ2v) is 5.82. The van der Waals surface area contributed by atoms with E-state index in [4.69, 9.17) is 0 Å². The Morgan fingerprint density at radius 1 is 0.960 bits per heavy atom. The van der Waals surface area contributed by atoms with Crippen molar-refractivity contribution in [2.75, 3.05) is 42.9 Å². The zero-order chi connectivity index (χ0) is 17.5. The maximum atomic E-state index is 12.0. The van der Waals surface area contributed by atoms with E-state index < -0.39 is 6.03 Å². The molecule has 0 saturated carbocycles. The van der Waals surface area contributed by atoms with Crippen molar-refractivity contribution in [3.8, 4) is 0 Å². The first-order chi connectivity index (χ1) is 12.2. The minimum absolute atomic E-state index is 0.207. The molecule has 1 aliphatic rings. The number of hydrogen-bond acceptors (Lipinski definition) is 5. The lowest BCUT2D eigenvalue weighted by atomic mass is 10.3. The first kappa shape index (κ1) is 16.9. The molecule has 1 saturated heterocycles. The Labute approximate surface area is 146 Å². The summed E-state index contributed by atoms with van der Waals surface area (Å²) in [7, 11) is 0. The zero-order valence-electron chi connectivity index (χ0n) is 13.9. The van der Waals surface area contributed by atoms with Gasteiger partial charge in [0.1, 0.15) is 5.82 Å². The number of piperazine rings is 1. The van der Waals surface area contributed by atoms with Crippen LogP contribution in [0.4, 0.5) is 16.3 Å². The summed E-state index contributed by atoms with van der Waals surface area (Å²) in [6.07, 6.45) is 1.78. The van der Waals surface area contributed by atoms with Crippen molar-refractivity contribution in [1.82, 2.24) is 15.2 Å². The Morgan fingerprint density at radius 3 is 2.36 bits per heavy atom. The molecule has 7 nitrogen and oxygen atoms in total. The van der Waals surface area contributed by atoms with Crippen LogP contribution in [-0.2, 0) is 4.79 Å². The van der Waals surface area contributed by atoms with E-state index in [1.807, 2.05) is 41.3 Å². The second-order valence-electron chi connectivity index (χ2n) is 5.82. The third-order valence-corrected chi connectivity index (χ3v) is 4.00. The van der Waals surface area contributed by atoms with Gasteiger partial charge in [-0.05, 0) is 24.3 Å². The predicted molar refractivity (Wildman–Crippen MR) is 96.5 cm³/mol. The zero-order valence-corrected chi connectivity index (χ0v) is 13.9. The van der Waals surface area contributed by atoms with E-state index in [1.54, 1.807) is 18.3 Å². The molecule has 0 spiro atoms. The molecular weight excluding hydrogens is 318 g/mol. The predicted octanol–water partition coefficient (Wildman–Crippen LogP) is 1.55. The number of carbonyl (C=O) groups excluding carboxylic acids is 2. The minimum Gasteiger partial charge on any atom is -0.354 e. The molecule has 0 bridgehead atoms. The van der Waals surface area contributed by atoms with E-state index in [0.29, 0.717) is 5.69 Å². The summed E-state index contributed by atoms with van der Waals surface area (Å²) >= 11 is 0. The van der Waals surface area contributed by atoms with Crippen molar-refractivity contribution in [2.45, 2.75) is 0 Å². The molecule has 2 N–H and O–H groups in total. The Morgan fingerprint density at radius 2 is 1.68 bits per heavy atom. The lowest BCUT2D eigenvalue weighted by molar-refractivity contribution is -0.121. The smallest absolute Gasteiger partial charge is 0.325 e. The summed E-state index contributed by atoms with van der Waals surface area (Å²) in [5.74, 6) is 0.647. The lowest BCUT2D eigenvalue weighted by Gasteiger charge is -2.34. The van der Waals surface area contributed by atoms with E-state index in [0.717, 1.165) is 32.0 Å². The van der Waals surface area contributed by atoms with Gasteiger partial charge in [0.05, 0.1) is 6.54 Å². The Balaban J connectivity index is 1.41. The number of para-hydroxylation sites is 1. The number of amides is 3. The molecule has 0 aliphatic carbocycles. The molecule has 0 unspecified atom stereocenters. The molecule has 25 heavy (non-hydrogen) atoms. The number of anilines is 2. The maximum Gasteiger partial charge on any atom is 0.325 e. The van der Waals surface area contributed by atoms with Gasteiger partial charge in [-0.25, -0.2) is 9.78 Å². The summed E-state index contributed by atoms with van der Waals surface area (Å²) in [6.45, 7) is 3.33. The number of imide groups is 1. The first-order valence-corrected chi connectivity index (χ1v) is 8.25. The number of carbonyl (C=O) groups is 2. The van der Waals surface area contributed by atoms with Crippen LogP contribution in [0.25, 0.3) is 0 Å². The molecule has 3 amide bonds. The highest BCUT2D eigenvalue weighted by atomic mass is 16.2. The van der Waals surface area contributed by atoms with Crippen LogP contribution >= 0.6 is 0 Å². The molecule has 7 heteroatoms. The van der Waals surface area contributed by atoms with Gasteiger partial charge in [0.15, 0.2) is 0 Å². The van der Waals surface area contributed by atoms with Crippen LogP contribution in [0, 0.1) is 0 Å². The molecule has 130 valence electrons.